The number of carbonyl (C=O) groups is 1. The van der Waals surface area contributed by atoms with Crippen molar-refractivity contribution in [3.63, 3.8) is 0 Å². The first kappa shape index (κ1) is 19.3. The van der Waals surface area contributed by atoms with Gasteiger partial charge in [0.1, 0.15) is 11.7 Å². The van der Waals surface area contributed by atoms with Crippen LogP contribution in [0.15, 0.2) is 42.5 Å². The minimum Gasteiger partial charge on any atom is -0.467 e. The first-order valence-electron chi connectivity index (χ1n) is 8.78. The van der Waals surface area contributed by atoms with Crippen molar-refractivity contribution < 1.29 is 9.53 Å². The number of rotatable bonds is 2. The fourth-order valence-corrected chi connectivity index (χ4v) is 4.79. The van der Waals surface area contributed by atoms with Gasteiger partial charge in [-0.1, -0.05) is 29.3 Å². The lowest BCUT2D eigenvalue weighted by atomic mass is 9.78. The van der Waals surface area contributed by atoms with Crippen LogP contribution in [0, 0.1) is 5.92 Å². The number of hydrogen-bond donors (Lipinski definition) is 1. The van der Waals surface area contributed by atoms with Crippen LogP contribution in [-0.2, 0) is 4.79 Å². The molecule has 0 aliphatic carbocycles. The molecule has 0 radical (unpaired) electrons. The van der Waals surface area contributed by atoms with Crippen LogP contribution in [0.2, 0.25) is 10.0 Å². The van der Waals surface area contributed by atoms with Gasteiger partial charge < -0.3 is 15.0 Å². The summed E-state index contributed by atoms with van der Waals surface area (Å²) in [6.07, 6.45) is 0. The van der Waals surface area contributed by atoms with E-state index in [9.17, 15) is 4.79 Å². The number of anilines is 1. The number of halogens is 2. The van der Waals surface area contributed by atoms with Gasteiger partial charge in [-0.3, -0.25) is 9.69 Å². The smallest absolute Gasteiger partial charge is 0.233 e. The minimum atomic E-state index is -1.04. The largest absolute Gasteiger partial charge is 0.467 e. The Kier molecular flexibility index (Phi) is 4.68. The number of ether oxygens (including phenoxy) is 1. The molecule has 1 amide bonds. The maximum Gasteiger partial charge on any atom is 0.233 e. The molecule has 3 atom stereocenters. The van der Waals surface area contributed by atoms with Gasteiger partial charge >= 0.3 is 0 Å². The second-order valence-corrected chi connectivity index (χ2v) is 8.55. The Morgan fingerprint density at radius 1 is 1.21 bits per heavy atom. The molecular weight excluding hydrogens is 417 g/mol. The SMILES string of the molecule is CN(C)C(=O)[C@H]1[C@H]2NC(=S)N(c3cccc(Cl)c3)[C@@]1(C)Oc1ccc(Cl)cc12. The van der Waals surface area contributed by atoms with Gasteiger partial charge in [-0.25, -0.2) is 0 Å². The third-order valence-electron chi connectivity index (χ3n) is 5.23. The summed E-state index contributed by atoms with van der Waals surface area (Å²) in [5, 5.41) is 4.95. The summed E-state index contributed by atoms with van der Waals surface area (Å²) in [5.41, 5.74) is 0.526. The van der Waals surface area contributed by atoms with Crippen molar-refractivity contribution in [2.24, 2.45) is 5.92 Å². The second-order valence-electron chi connectivity index (χ2n) is 7.29. The zero-order chi connectivity index (χ0) is 20.2. The number of carbonyl (C=O) groups excluding carboxylic acids is 1. The summed E-state index contributed by atoms with van der Waals surface area (Å²) < 4.78 is 6.46. The molecule has 8 heteroatoms. The molecule has 2 bridgehead atoms. The third kappa shape index (κ3) is 2.91. The van der Waals surface area contributed by atoms with Crippen molar-refractivity contribution in [3.05, 3.63) is 58.1 Å². The van der Waals surface area contributed by atoms with Crippen LogP contribution in [0.3, 0.4) is 0 Å². The van der Waals surface area contributed by atoms with Gasteiger partial charge in [-0.15, -0.1) is 0 Å². The number of fused-ring (bicyclic) bond motifs is 4. The molecule has 28 heavy (non-hydrogen) atoms. The second kappa shape index (κ2) is 6.79. The van der Waals surface area contributed by atoms with Crippen molar-refractivity contribution in [1.29, 1.82) is 0 Å². The Balaban J connectivity index is 1.93. The van der Waals surface area contributed by atoms with Gasteiger partial charge in [0.15, 0.2) is 10.8 Å². The Morgan fingerprint density at radius 3 is 2.61 bits per heavy atom. The summed E-state index contributed by atoms with van der Waals surface area (Å²) in [7, 11) is 3.47. The maximum absolute atomic E-state index is 13.2. The predicted octanol–water partition coefficient (Wildman–Crippen LogP) is 4.24. The molecule has 2 aromatic rings. The van der Waals surface area contributed by atoms with Crippen LogP contribution in [0.5, 0.6) is 5.75 Å². The van der Waals surface area contributed by atoms with Crippen molar-refractivity contribution in [3.8, 4) is 5.75 Å². The first-order chi connectivity index (χ1) is 13.2. The van der Waals surface area contributed by atoms with Gasteiger partial charge in [-0.2, -0.15) is 0 Å². The van der Waals surface area contributed by atoms with Gasteiger partial charge in [0.2, 0.25) is 5.91 Å². The summed E-state index contributed by atoms with van der Waals surface area (Å²) in [6, 6.07) is 12.4. The molecule has 146 valence electrons. The lowest BCUT2D eigenvalue weighted by Gasteiger charge is -2.56. The van der Waals surface area contributed by atoms with Crippen LogP contribution in [0.25, 0.3) is 0 Å². The van der Waals surface area contributed by atoms with E-state index in [0.29, 0.717) is 20.9 Å². The molecule has 2 aliphatic heterocycles. The molecule has 2 aromatic carbocycles. The van der Waals surface area contributed by atoms with E-state index in [2.05, 4.69) is 5.32 Å². The van der Waals surface area contributed by atoms with Crippen LogP contribution in [0.4, 0.5) is 5.69 Å². The van der Waals surface area contributed by atoms with Gasteiger partial charge in [0.05, 0.1) is 6.04 Å². The van der Waals surface area contributed by atoms with E-state index in [1.54, 1.807) is 37.2 Å². The highest BCUT2D eigenvalue weighted by atomic mass is 35.5. The van der Waals surface area contributed by atoms with E-state index in [1.165, 1.54) is 0 Å². The van der Waals surface area contributed by atoms with Gasteiger partial charge in [0.25, 0.3) is 0 Å². The highest BCUT2D eigenvalue weighted by Gasteiger charge is 2.59. The topological polar surface area (TPSA) is 44.8 Å². The predicted molar refractivity (Wildman–Crippen MR) is 115 cm³/mol. The molecule has 0 spiro atoms. The summed E-state index contributed by atoms with van der Waals surface area (Å²) >= 11 is 18.1. The van der Waals surface area contributed by atoms with E-state index < -0.39 is 11.6 Å². The van der Waals surface area contributed by atoms with Crippen LogP contribution < -0.4 is 15.0 Å². The number of nitrogens with one attached hydrogen (secondary N) is 1. The highest BCUT2D eigenvalue weighted by Crippen LogP contribution is 2.50. The first-order valence-corrected chi connectivity index (χ1v) is 9.94. The zero-order valence-corrected chi connectivity index (χ0v) is 17.9. The number of benzene rings is 2. The molecule has 5 nitrogen and oxygen atoms in total. The quantitative estimate of drug-likeness (QED) is 0.714. The Bertz CT molecular complexity index is 984. The molecule has 0 unspecified atom stereocenters. The molecule has 0 saturated carbocycles. The minimum absolute atomic E-state index is 0.0693. The van der Waals surface area contributed by atoms with Crippen molar-refractivity contribution in [2.45, 2.75) is 18.7 Å². The molecule has 1 fully saturated rings. The Labute approximate surface area is 179 Å². The van der Waals surface area contributed by atoms with E-state index in [1.807, 2.05) is 36.1 Å². The Morgan fingerprint density at radius 2 is 1.93 bits per heavy atom. The van der Waals surface area contributed by atoms with Crippen LogP contribution >= 0.6 is 35.4 Å². The lowest BCUT2D eigenvalue weighted by molar-refractivity contribution is -0.144. The molecule has 0 aromatic heterocycles. The molecule has 1 N–H and O–H groups in total. The number of amides is 1. The molecule has 4 rings (SSSR count). The van der Waals surface area contributed by atoms with E-state index in [-0.39, 0.29) is 11.9 Å². The number of thiocarbonyl (C=S) groups is 1. The van der Waals surface area contributed by atoms with E-state index in [0.717, 1.165) is 11.3 Å². The maximum atomic E-state index is 13.2. The van der Waals surface area contributed by atoms with Crippen molar-refractivity contribution in [2.75, 3.05) is 19.0 Å². The Hall–Kier alpha value is -2.02. The molecule has 2 aliphatic rings. The highest BCUT2D eigenvalue weighted by molar-refractivity contribution is 7.80. The lowest BCUT2D eigenvalue weighted by Crippen LogP contribution is -2.72. The number of hydrogen-bond acceptors (Lipinski definition) is 3. The average molecular weight is 436 g/mol. The van der Waals surface area contributed by atoms with Gasteiger partial charge in [-0.05, 0) is 55.5 Å². The van der Waals surface area contributed by atoms with Gasteiger partial charge in [0, 0.05) is 35.4 Å². The summed E-state index contributed by atoms with van der Waals surface area (Å²) in [6.45, 7) is 1.89. The van der Waals surface area contributed by atoms with Crippen LogP contribution in [-0.4, -0.2) is 35.7 Å². The van der Waals surface area contributed by atoms with Crippen LogP contribution in [0.1, 0.15) is 18.5 Å². The number of nitrogens with zero attached hydrogens (tertiary/aromatic N) is 2. The molecule has 2 heterocycles. The summed E-state index contributed by atoms with van der Waals surface area (Å²) in [5.74, 6) is 0.0426. The normalized spacial score (nSPS) is 25.5. The fraction of sp³-hybridized carbons (Fsp3) is 0.300. The molecule has 1 saturated heterocycles. The van der Waals surface area contributed by atoms with Crippen molar-refractivity contribution in [1.82, 2.24) is 10.2 Å². The standard InChI is InChI=1S/C20H19Cl2N3O2S/c1-20-16(18(26)24(2)3)17(14-10-12(22)7-8-15(14)27-20)23-19(28)25(20)13-6-4-5-11(21)9-13/h4-10,16-17H,1-3H3,(H,23,28)/t16-,17+,20+/m1/s1. The third-order valence-corrected chi connectivity index (χ3v) is 6.00. The molecular formula is C20H19Cl2N3O2S. The zero-order valence-electron chi connectivity index (χ0n) is 15.6. The van der Waals surface area contributed by atoms with E-state index >= 15 is 0 Å². The van der Waals surface area contributed by atoms with Crippen molar-refractivity contribution >= 4 is 52.1 Å². The fourth-order valence-electron chi connectivity index (χ4n) is 4.01. The van der Waals surface area contributed by atoms with E-state index in [4.69, 9.17) is 40.2 Å². The monoisotopic (exact) mass is 435 g/mol. The summed E-state index contributed by atoms with van der Waals surface area (Å²) in [4.78, 5) is 16.6. The average Bonchev–Trinajstić information content (AvgIpc) is 2.61.